The maximum Gasteiger partial charge on any atom is 0.248 e. The third-order valence-corrected chi connectivity index (χ3v) is 9.56. The Labute approximate surface area is 307 Å². The summed E-state index contributed by atoms with van der Waals surface area (Å²) in [5.74, 6) is 0.604. The largest absolute Gasteiger partial charge is 0.488 e. The lowest BCUT2D eigenvalue weighted by molar-refractivity contribution is 0.100. The molecule has 1 amide bonds. The summed E-state index contributed by atoms with van der Waals surface area (Å²) in [6.45, 7) is 2.30. The number of tetrazole rings is 1. The lowest BCUT2D eigenvalue weighted by Gasteiger charge is -2.34. The molecular formula is C45H36N6O2. The van der Waals surface area contributed by atoms with Gasteiger partial charge in [-0.3, -0.25) is 9.78 Å². The first kappa shape index (κ1) is 33.2. The van der Waals surface area contributed by atoms with E-state index < -0.39 is 11.4 Å². The quantitative estimate of drug-likeness (QED) is 0.136. The average Bonchev–Trinajstić information content (AvgIpc) is 3.72. The van der Waals surface area contributed by atoms with Gasteiger partial charge in [-0.2, -0.15) is 0 Å². The number of aryl methyl sites for hydroxylation is 1. The third kappa shape index (κ3) is 6.31. The molecule has 8 nitrogen and oxygen atoms in total. The number of amides is 1. The van der Waals surface area contributed by atoms with E-state index in [4.69, 9.17) is 30.9 Å². The predicted octanol–water partition coefficient (Wildman–Crippen LogP) is 8.64. The molecule has 0 saturated heterocycles. The second-order valence-corrected chi connectivity index (χ2v) is 12.8. The zero-order valence-electron chi connectivity index (χ0n) is 29.1. The van der Waals surface area contributed by atoms with Crippen molar-refractivity contribution in [2.24, 2.45) is 5.73 Å². The van der Waals surface area contributed by atoms with Crippen molar-refractivity contribution in [1.82, 2.24) is 25.2 Å². The zero-order chi connectivity index (χ0) is 36.2. The fourth-order valence-corrected chi connectivity index (χ4v) is 6.95. The van der Waals surface area contributed by atoms with Gasteiger partial charge in [0.1, 0.15) is 12.4 Å². The molecule has 258 valence electrons. The molecule has 0 bridgehead atoms. The molecule has 2 heterocycles. The summed E-state index contributed by atoms with van der Waals surface area (Å²) in [4.78, 5) is 18.5. The van der Waals surface area contributed by atoms with Crippen molar-refractivity contribution >= 4 is 16.8 Å². The number of carbonyl (C=O) groups is 1. The number of pyridine rings is 1. The molecule has 0 aliphatic carbocycles. The van der Waals surface area contributed by atoms with Gasteiger partial charge in [0.2, 0.25) is 11.7 Å². The number of aromatic nitrogens is 5. The van der Waals surface area contributed by atoms with E-state index in [0.29, 0.717) is 17.1 Å². The molecule has 0 spiro atoms. The smallest absolute Gasteiger partial charge is 0.248 e. The molecule has 0 fully saturated rings. The number of fused-ring (bicyclic) bond motifs is 1. The molecule has 6 aromatic carbocycles. The minimum atomic E-state index is -0.911. The first-order valence-corrected chi connectivity index (χ1v) is 17.6. The van der Waals surface area contributed by atoms with Crippen molar-refractivity contribution in [3.05, 3.63) is 197 Å². The molecule has 2 aromatic heterocycles. The van der Waals surface area contributed by atoms with Crippen LogP contribution in [0.3, 0.4) is 0 Å². The van der Waals surface area contributed by atoms with Crippen molar-refractivity contribution in [1.29, 1.82) is 0 Å². The van der Waals surface area contributed by atoms with Crippen LogP contribution in [0.1, 0.15) is 45.2 Å². The third-order valence-electron chi connectivity index (χ3n) is 9.56. The topological polar surface area (TPSA) is 109 Å². The number of primary amides is 1. The van der Waals surface area contributed by atoms with Crippen molar-refractivity contribution in [2.75, 3.05) is 0 Å². The van der Waals surface area contributed by atoms with Crippen molar-refractivity contribution in [3.63, 3.8) is 0 Å². The van der Waals surface area contributed by atoms with E-state index in [9.17, 15) is 4.79 Å². The maximum absolute atomic E-state index is 12.0. The van der Waals surface area contributed by atoms with Crippen molar-refractivity contribution in [3.8, 4) is 28.3 Å². The molecule has 8 heteroatoms. The zero-order valence-corrected chi connectivity index (χ0v) is 29.1. The van der Waals surface area contributed by atoms with E-state index in [0.717, 1.165) is 62.0 Å². The molecule has 0 aliphatic rings. The summed E-state index contributed by atoms with van der Waals surface area (Å²) in [5.41, 5.74) is 13.5. The molecule has 2 N–H and O–H groups in total. The standard InChI is InChI=1S/C45H36N6O2/c1-2-37-29-42(40-28-33(43(46)52)24-26-41(40)47-37)53-30-31-23-25-38(32-15-7-3-8-16-32)39(27-31)44-48-50-51(49-44)45(34-17-9-4-10-18-34,35-19-11-5-12-20-35)36-21-13-6-14-22-36/h3-29H,2,30H2,1H3,(H2,46,52). The van der Waals surface area contributed by atoms with Gasteiger partial charge < -0.3 is 10.5 Å². The number of carbonyl (C=O) groups excluding carboxylic acids is 1. The van der Waals surface area contributed by atoms with Crippen LogP contribution in [-0.2, 0) is 18.6 Å². The Kier molecular flexibility index (Phi) is 9.00. The van der Waals surface area contributed by atoms with Crippen molar-refractivity contribution in [2.45, 2.75) is 25.5 Å². The number of hydrogen-bond acceptors (Lipinski definition) is 6. The number of benzene rings is 6. The van der Waals surface area contributed by atoms with E-state index in [1.165, 1.54) is 0 Å². The lowest BCUT2D eigenvalue weighted by Crippen LogP contribution is -2.39. The number of hydrogen-bond donors (Lipinski definition) is 1. The SMILES string of the molecule is CCc1cc(OCc2ccc(-c3ccccc3)c(-c3nnn(C(c4ccccc4)(c4ccccc4)c4ccccc4)n3)c2)c2cc(C(N)=O)ccc2n1. The molecular weight excluding hydrogens is 657 g/mol. The van der Waals surface area contributed by atoms with Gasteiger partial charge in [-0.15, -0.1) is 15.0 Å². The fourth-order valence-electron chi connectivity index (χ4n) is 6.95. The summed E-state index contributed by atoms with van der Waals surface area (Å²) >= 11 is 0. The Morgan fingerprint density at radius 1 is 0.698 bits per heavy atom. The maximum atomic E-state index is 12.0. The molecule has 0 radical (unpaired) electrons. The first-order valence-electron chi connectivity index (χ1n) is 17.6. The van der Waals surface area contributed by atoms with E-state index in [1.54, 1.807) is 16.9 Å². The average molecular weight is 693 g/mol. The van der Waals surface area contributed by atoms with Gasteiger partial charge in [-0.05, 0) is 69.3 Å². The minimum Gasteiger partial charge on any atom is -0.488 e. The van der Waals surface area contributed by atoms with Crippen LogP contribution >= 0.6 is 0 Å². The Morgan fingerprint density at radius 2 is 1.30 bits per heavy atom. The second kappa shape index (κ2) is 14.4. The molecule has 0 saturated carbocycles. The summed E-state index contributed by atoms with van der Waals surface area (Å²) in [7, 11) is 0. The second-order valence-electron chi connectivity index (χ2n) is 12.8. The number of ether oxygens (including phenoxy) is 1. The Hall–Kier alpha value is -6.93. The minimum absolute atomic E-state index is 0.251. The van der Waals surface area contributed by atoms with Gasteiger partial charge >= 0.3 is 0 Å². The van der Waals surface area contributed by atoms with Gasteiger partial charge in [-0.25, -0.2) is 0 Å². The normalized spacial score (nSPS) is 11.4. The monoisotopic (exact) mass is 692 g/mol. The number of nitrogens with two attached hydrogens (primary N) is 1. The molecule has 8 aromatic rings. The van der Waals surface area contributed by atoms with E-state index in [1.807, 2.05) is 91.9 Å². The summed E-state index contributed by atoms with van der Waals surface area (Å²) in [6.07, 6.45) is 0.734. The van der Waals surface area contributed by atoms with Gasteiger partial charge in [0, 0.05) is 28.3 Å². The van der Waals surface area contributed by atoms with Crippen LogP contribution in [0.15, 0.2) is 164 Å². The number of nitrogens with zero attached hydrogens (tertiary/aromatic N) is 5. The van der Waals surface area contributed by atoms with E-state index >= 15 is 0 Å². The highest BCUT2D eigenvalue weighted by atomic mass is 16.5. The van der Waals surface area contributed by atoms with Crippen molar-refractivity contribution < 1.29 is 9.53 Å². The van der Waals surface area contributed by atoms with Crippen LogP contribution in [0.5, 0.6) is 5.75 Å². The highest BCUT2D eigenvalue weighted by Crippen LogP contribution is 2.41. The summed E-state index contributed by atoms with van der Waals surface area (Å²) in [5, 5.41) is 15.5. The molecule has 0 atom stereocenters. The van der Waals surface area contributed by atoms with Gasteiger partial charge in [0.05, 0.1) is 5.52 Å². The van der Waals surface area contributed by atoms with Gasteiger partial charge in [0.25, 0.3) is 0 Å². The number of rotatable bonds is 11. The van der Waals surface area contributed by atoms with Crippen LogP contribution in [0.25, 0.3) is 33.4 Å². The highest BCUT2D eigenvalue weighted by Gasteiger charge is 2.41. The van der Waals surface area contributed by atoms with E-state index in [-0.39, 0.29) is 6.61 Å². The van der Waals surface area contributed by atoms with Gasteiger partial charge in [0.15, 0.2) is 5.54 Å². The van der Waals surface area contributed by atoms with Crippen LogP contribution in [0.4, 0.5) is 0 Å². The Morgan fingerprint density at radius 3 is 1.89 bits per heavy atom. The van der Waals surface area contributed by atoms with Gasteiger partial charge in [-0.1, -0.05) is 140 Å². The Bertz CT molecular complexity index is 2420. The summed E-state index contributed by atoms with van der Waals surface area (Å²) < 4.78 is 6.50. The fraction of sp³-hybridized carbons (Fsp3) is 0.0889. The van der Waals surface area contributed by atoms with Crippen LogP contribution in [0, 0.1) is 0 Å². The first-order chi connectivity index (χ1) is 26.0. The molecule has 8 rings (SSSR count). The molecule has 0 unspecified atom stereocenters. The van der Waals surface area contributed by atoms with Crippen LogP contribution in [-0.4, -0.2) is 31.1 Å². The lowest BCUT2D eigenvalue weighted by atomic mass is 9.77. The van der Waals surface area contributed by atoms with Crippen LogP contribution in [0.2, 0.25) is 0 Å². The van der Waals surface area contributed by atoms with E-state index in [2.05, 4.69) is 66.7 Å². The Balaban J connectivity index is 1.26. The van der Waals surface area contributed by atoms with Crippen LogP contribution < -0.4 is 10.5 Å². The molecule has 53 heavy (non-hydrogen) atoms. The summed E-state index contributed by atoms with van der Waals surface area (Å²) in [6, 6.07) is 54.5. The highest BCUT2D eigenvalue weighted by molar-refractivity contribution is 5.98. The molecule has 0 aliphatic heterocycles. The predicted molar refractivity (Wildman–Crippen MR) is 207 cm³/mol.